The standard InChI is InChI=1S/C13H17N3O/c1-10-5-6-12(9-11(10)2)15-13(17)16(3)8-4-7-14/h5-6,9H,4,8H2,1-3H3,(H,15,17). The highest BCUT2D eigenvalue weighted by Crippen LogP contribution is 2.14. The molecule has 0 heterocycles. The van der Waals surface area contributed by atoms with E-state index in [9.17, 15) is 4.79 Å². The smallest absolute Gasteiger partial charge is 0.321 e. The molecule has 0 aliphatic carbocycles. The van der Waals surface area contributed by atoms with E-state index in [0.717, 1.165) is 11.3 Å². The zero-order valence-corrected chi connectivity index (χ0v) is 10.4. The number of carbonyl (C=O) groups is 1. The van der Waals surface area contributed by atoms with E-state index >= 15 is 0 Å². The lowest BCUT2D eigenvalue weighted by molar-refractivity contribution is 0.223. The predicted octanol–water partition coefficient (Wildman–Crippen LogP) is 2.68. The topological polar surface area (TPSA) is 56.1 Å². The van der Waals surface area contributed by atoms with Crippen LogP contribution in [-0.2, 0) is 0 Å². The van der Waals surface area contributed by atoms with E-state index in [1.807, 2.05) is 38.1 Å². The summed E-state index contributed by atoms with van der Waals surface area (Å²) in [5, 5.41) is 11.2. The van der Waals surface area contributed by atoms with E-state index < -0.39 is 0 Å². The molecule has 0 unspecified atom stereocenters. The predicted molar refractivity (Wildman–Crippen MR) is 67.8 cm³/mol. The summed E-state index contributed by atoms with van der Waals surface area (Å²) < 4.78 is 0. The van der Waals surface area contributed by atoms with E-state index in [1.165, 1.54) is 10.5 Å². The van der Waals surface area contributed by atoms with Crippen molar-refractivity contribution in [1.29, 1.82) is 5.26 Å². The minimum absolute atomic E-state index is 0.191. The second-order valence-electron chi connectivity index (χ2n) is 4.06. The molecule has 1 rings (SSSR count). The number of aryl methyl sites for hydroxylation is 2. The molecule has 0 fully saturated rings. The van der Waals surface area contributed by atoms with Gasteiger partial charge < -0.3 is 10.2 Å². The van der Waals surface area contributed by atoms with Crippen molar-refractivity contribution < 1.29 is 4.79 Å². The van der Waals surface area contributed by atoms with Gasteiger partial charge >= 0.3 is 6.03 Å². The second-order valence-corrected chi connectivity index (χ2v) is 4.06. The molecule has 0 aliphatic rings. The minimum atomic E-state index is -0.191. The Bertz CT molecular complexity index is 448. The van der Waals surface area contributed by atoms with Crippen LogP contribution in [-0.4, -0.2) is 24.5 Å². The molecule has 0 spiro atoms. The Morgan fingerprint density at radius 2 is 2.12 bits per heavy atom. The Morgan fingerprint density at radius 1 is 1.41 bits per heavy atom. The molecular formula is C13H17N3O. The van der Waals surface area contributed by atoms with Gasteiger partial charge in [0.25, 0.3) is 0 Å². The molecule has 0 radical (unpaired) electrons. The number of nitrogens with zero attached hydrogens (tertiary/aromatic N) is 2. The number of hydrogen-bond donors (Lipinski definition) is 1. The van der Waals surface area contributed by atoms with Gasteiger partial charge in [0.15, 0.2) is 0 Å². The summed E-state index contributed by atoms with van der Waals surface area (Å²) in [7, 11) is 1.67. The summed E-state index contributed by atoms with van der Waals surface area (Å²) in [6.07, 6.45) is 0.344. The Hall–Kier alpha value is -2.02. The van der Waals surface area contributed by atoms with Crippen LogP contribution in [0.25, 0.3) is 0 Å². The highest BCUT2D eigenvalue weighted by molar-refractivity contribution is 5.89. The number of rotatable bonds is 3. The Balaban J connectivity index is 2.62. The van der Waals surface area contributed by atoms with Crippen molar-refractivity contribution in [2.24, 2.45) is 0 Å². The zero-order chi connectivity index (χ0) is 12.8. The third-order valence-corrected chi connectivity index (χ3v) is 2.66. The van der Waals surface area contributed by atoms with Crippen LogP contribution >= 0.6 is 0 Å². The first-order valence-corrected chi connectivity index (χ1v) is 5.51. The van der Waals surface area contributed by atoms with Crippen LogP contribution in [0.15, 0.2) is 18.2 Å². The van der Waals surface area contributed by atoms with Gasteiger partial charge in [0.05, 0.1) is 12.5 Å². The molecule has 4 nitrogen and oxygen atoms in total. The van der Waals surface area contributed by atoms with Crippen molar-refractivity contribution in [2.75, 3.05) is 18.9 Å². The maximum Gasteiger partial charge on any atom is 0.321 e. The number of carbonyl (C=O) groups excluding carboxylic acids is 1. The lowest BCUT2D eigenvalue weighted by atomic mass is 10.1. The molecule has 0 saturated heterocycles. The van der Waals surface area contributed by atoms with Crippen LogP contribution < -0.4 is 5.32 Å². The van der Waals surface area contributed by atoms with Crippen molar-refractivity contribution in [3.8, 4) is 6.07 Å². The molecule has 0 bridgehead atoms. The van der Waals surface area contributed by atoms with Gasteiger partial charge in [0, 0.05) is 19.3 Å². The molecule has 0 aromatic heterocycles. The minimum Gasteiger partial charge on any atom is -0.327 e. The van der Waals surface area contributed by atoms with E-state index in [-0.39, 0.29) is 6.03 Å². The Kier molecular flexibility index (Phi) is 4.53. The van der Waals surface area contributed by atoms with Gasteiger partial charge in [-0.15, -0.1) is 0 Å². The van der Waals surface area contributed by atoms with Crippen molar-refractivity contribution >= 4 is 11.7 Å². The van der Waals surface area contributed by atoms with Gasteiger partial charge in [-0.3, -0.25) is 0 Å². The van der Waals surface area contributed by atoms with Crippen molar-refractivity contribution in [1.82, 2.24) is 4.90 Å². The highest BCUT2D eigenvalue weighted by Gasteiger charge is 2.08. The van der Waals surface area contributed by atoms with Gasteiger partial charge in [-0.05, 0) is 37.1 Å². The monoisotopic (exact) mass is 231 g/mol. The molecule has 2 amide bonds. The van der Waals surface area contributed by atoms with Gasteiger partial charge in [0.2, 0.25) is 0 Å². The van der Waals surface area contributed by atoms with Crippen LogP contribution in [0.5, 0.6) is 0 Å². The van der Waals surface area contributed by atoms with E-state index in [1.54, 1.807) is 7.05 Å². The van der Waals surface area contributed by atoms with Crippen LogP contribution in [0, 0.1) is 25.2 Å². The second kappa shape index (κ2) is 5.90. The molecule has 1 aromatic carbocycles. The maximum absolute atomic E-state index is 11.7. The molecule has 0 aliphatic heterocycles. The normalized spacial score (nSPS) is 9.53. The van der Waals surface area contributed by atoms with Crippen LogP contribution in [0.1, 0.15) is 17.5 Å². The molecule has 0 atom stereocenters. The summed E-state index contributed by atoms with van der Waals surface area (Å²) >= 11 is 0. The average Bonchev–Trinajstić information content (AvgIpc) is 2.30. The third kappa shape index (κ3) is 3.80. The zero-order valence-electron chi connectivity index (χ0n) is 10.4. The number of nitrogens with one attached hydrogen (secondary N) is 1. The highest BCUT2D eigenvalue weighted by atomic mass is 16.2. The van der Waals surface area contributed by atoms with Crippen molar-refractivity contribution in [3.05, 3.63) is 29.3 Å². The fraction of sp³-hybridized carbons (Fsp3) is 0.385. The number of nitriles is 1. The lowest BCUT2D eigenvalue weighted by Crippen LogP contribution is -2.32. The molecular weight excluding hydrogens is 214 g/mol. The number of benzene rings is 1. The summed E-state index contributed by atoms with van der Waals surface area (Å²) in [6, 6.07) is 7.60. The summed E-state index contributed by atoms with van der Waals surface area (Å²) in [5.41, 5.74) is 3.12. The number of amides is 2. The molecule has 0 saturated carbocycles. The quantitative estimate of drug-likeness (QED) is 0.869. The largest absolute Gasteiger partial charge is 0.327 e. The van der Waals surface area contributed by atoms with E-state index in [0.29, 0.717) is 13.0 Å². The van der Waals surface area contributed by atoms with Crippen molar-refractivity contribution in [3.63, 3.8) is 0 Å². The van der Waals surface area contributed by atoms with Crippen LogP contribution in [0.3, 0.4) is 0 Å². The van der Waals surface area contributed by atoms with Crippen LogP contribution in [0.4, 0.5) is 10.5 Å². The van der Waals surface area contributed by atoms with Crippen molar-refractivity contribution in [2.45, 2.75) is 20.3 Å². The third-order valence-electron chi connectivity index (χ3n) is 2.66. The Morgan fingerprint density at radius 3 is 2.71 bits per heavy atom. The number of hydrogen-bond acceptors (Lipinski definition) is 2. The fourth-order valence-corrected chi connectivity index (χ4v) is 1.36. The fourth-order valence-electron chi connectivity index (χ4n) is 1.36. The van der Waals surface area contributed by atoms with E-state index in [2.05, 4.69) is 5.32 Å². The molecule has 1 N–H and O–H groups in total. The Labute approximate surface area is 102 Å². The first-order chi connectivity index (χ1) is 8.04. The van der Waals surface area contributed by atoms with Crippen LogP contribution in [0.2, 0.25) is 0 Å². The molecule has 4 heteroatoms. The number of urea groups is 1. The first-order valence-electron chi connectivity index (χ1n) is 5.51. The van der Waals surface area contributed by atoms with Gasteiger partial charge in [-0.1, -0.05) is 6.07 Å². The van der Waals surface area contributed by atoms with Gasteiger partial charge in [0.1, 0.15) is 0 Å². The SMILES string of the molecule is Cc1ccc(NC(=O)N(C)CCC#N)cc1C. The maximum atomic E-state index is 11.7. The summed E-state index contributed by atoms with van der Waals surface area (Å²) in [5.74, 6) is 0. The van der Waals surface area contributed by atoms with Gasteiger partial charge in [-0.2, -0.15) is 5.26 Å². The van der Waals surface area contributed by atoms with E-state index in [4.69, 9.17) is 5.26 Å². The lowest BCUT2D eigenvalue weighted by Gasteiger charge is -2.16. The van der Waals surface area contributed by atoms with Gasteiger partial charge in [-0.25, -0.2) is 4.79 Å². The number of anilines is 1. The molecule has 17 heavy (non-hydrogen) atoms. The average molecular weight is 231 g/mol. The molecule has 1 aromatic rings. The molecule has 90 valence electrons. The first kappa shape index (κ1) is 13.0. The summed E-state index contributed by atoms with van der Waals surface area (Å²) in [4.78, 5) is 13.2. The summed E-state index contributed by atoms with van der Waals surface area (Å²) in [6.45, 7) is 4.47.